The number of nitrogens with one attached hydrogen (secondary N) is 1. The van der Waals surface area contributed by atoms with E-state index in [0.29, 0.717) is 6.04 Å². The zero-order valence-corrected chi connectivity index (χ0v) is 11.2. The second-order valence-electron chi connectivity index (χ2n) is 4.32. The molecule has 18 heavy (non-hydrogen) atoms. The van der Waals surface area contributed by atoms with Crippen LogP contribution in [0.3, 0.4) is 0 Å². The van der Waals surface area contributed by atoms with Crippen LogP contribution in [0.25, 0.3) is 0 Å². The summed E-state index contributed by atoms with van der Waals surface area (Å²) in [6.07, 6.45) is 1.79. The van der Waals surface area contributed by atoms with E-state index in [-0.39, 0.29) is 0 Å². The average Bonchev–Trinajstić information content (AvgIpc) is 3.02. The first-order chi connectivity index (χ1) is 8.88. The van der Waals surface area contributed by atoms with Gasteiger partial charge < -0.3 is 9.88 Å². The van der Waals surface area contributed by atoms with Crippen LogP contribution in [0.2, 0.25) is 0 Å². The number of nitrogens with zero attached hydrogens (tertiary/aromatic N) is 3. The van der Waals surface area contributed by atoms with Gasteiger partial charge in [-0.05, 0) is 18.6 Å². The lowest BCUT2D eigenvalue weighted by Crippen LogP contribution is -2.22. The number of hydrogen-bond acceptors (Lipinski definition) is 4. The van der Waals surface area contributed by atoms with E-state index >= 15 is 0 Å². The van der Waals surface area contributed by atoms with Crippen LogP contribution < -0.4 is 5.32 Å². The first-order valence-corrected chi connectivity index (χ1v) is 7.19. The normalized spacial score (nSPS) is 17.9. The van der Waals surface area contributed by atoms with Gasteiger partial charge in [0.25, 0.3) is 0 Å². The zero-order valence-electron chi connectivity index (χ0n) is 10.3. The fourth-order valence-corrected chi connectivity index (χ4v) is 3.42. The van der Waals surface area contributed by atoms with Crippen molar-refractivity contribution in [3.63, 3.8) is 0 Å². The summed E-state index contributed by atoms with van der Waals surface area (Å²) in [5.74, 6) is 2.10. The third kappa shape index (κ3) is 2.15. The average molecular weight is 260 g/mol. The van der Waals surface area contributed by atoms with Crippen LogP contribution >= 0.6 is 11.8 Å². The lowest BCUT2D eigenvalue weighted by Gasteiger charge is -2.13. The minimum atomic E-state index is 0.424. The Bertz CT molecular complexity index is 537. The lowest BCUT2D eigenvalue weighted by atomic mass is 10.1. The molecule has 1 aromatic heterocycles. The topological polar surface area (TPSA) is 42.7 Å². The predicted octanol–water partition coefficient (Wildman–Crippen LogP) is 2.23. The summed E-state index contributed by atoms with van der Waals surface area (Å²) in [5, 5.41) is 11.7. The van der Waals surface area contributed by atoms with E-state index in [9.17, 15) is 0 Å². The van der Waals surface area contributed by atoms with Crippen LogP contribution in [-0.4, -0.2) is 20.5 Å². The number of aryl methyl sites for hydroxylation is 1. The molecule has 0 amide bonds. The van der Waals surface area contributed by atoms with E-state index in [1.54, 1.807) is 6.33 Å². The van der Waals surface area contributed by atoms with Crippen LogP contribution in [0.15, 0.2) is 35.5 Å². The quantitative estimate of drug-likeness (QED) is 0.915. The van der Waals surface area contributed by atoms with Crippen molar-refractivity contribution in [2.75, 3.05) is 5.75 Å². The number of hydrogen-bond donors (Lipinski definition) is 1. The van der Waals surface area contributed by atoms with Gasteiger partial charge in [-0.1, -0.05) is 18.2 Å². The summed E-state index contributed by atoms with van der Waals surface area (Å²) in [5.41, 5.74) is 1.41. The van der Waals surface area contributed by atoms with Crippen LogP contribution in [-0.2, 0) is 13.1 Å². The van der Waals surface area contributed by atoms with E-state index in [1.165, 1.54) is 10.5 Å². The minimum Gasteiger partial charge on any atom is -0.317 e. The van der Waals surface area contributed by atoms with Gasteiger partial charge in [-0.2, -0.15) is 0 Å². The molecule has 0 bridgehead atoms. The molecule has 4 nitrogen and oxygen atoms in total. The smallest absolute Gasteiger partial charge is 0.146 e. The van der Waals surface area contributed by atoms with Crippen molar-refractivity contribution in [1.29, 1.82) is 0 Å². The maximum atomic E-state index is 4.15. The molecule has 0 fully saturated rings. The van der Waals surface area contributed by atoms with Crippen LogP contribution in [0.4, 0.5) is 0 Å². The van der Waals surface area contributed by atoms with E-state index in [2.05, 4.69) is 51.3 Å². The summed E-state index contributed by atoms with van der Waals surface area (Å²) >= 11 is 1.92. The van der Waals surface area contributed by atoms with E-state index in [4.69, 9.17) is 0 Å². The van der Waals surface area contributed by atoms with Crippen molar-refractivity contribution >= 4 is 11.8 Å². The summed E-state index contributed by atoms with van der Waals surface area (Å²) in [6, 6.07) is 9.03. The Morgan fingerprint density at radius 2 is 2.33 bits per heavy atom. The van der Waals surface area contributed by atoms with Crippen molar-refractivity contribution in [3.05, 3.63) is 42.0 Å². The molecule has 3 rings (SSSR count). The van der Waals surface area contributed by atoms with Crippen molar-refractivity contribution < 1.29 is 0 Å². The van der Waals surface area contributed by atoms with Gasteiger partial charge in [0.15, 0.2) is 0 Å². The third-order valence-electron chi connectivity index (χ3n) is 3.24. The van der Waals surface area contributed by atoms with Crippen molar-refractivity contribution in [2.45, 2.75) is 31.0 Å². The van der Waals surface area contributed by atoms with Crippen molar-refractivity contribution in [3.8, 4) is 0 Å². The van der Waals surface area contributed by atoms with Crippen LogP contribution in [0, 0.1) is 0 Å². The standard InChI is InChI=1S/C13H16N4S/c1-2-17-9-15-16-13(17)7-14-11-8-18-12-6-4-3-5-10(11)12/h3-6,9,11,14H,2,7-8H2,1H3. The SMILES string of the molecule is CCn1cnnc1CNC1CSc2ccccc21. The van der Waals surface area contributed by atoms with Gasteiger partial charge in [-0.3, -0.25) is 0 Å². The lowest BCUT2D eigenvalue weighted by molar-refractivity contribution is 0.546. The zero-order chi connectivity index (χ0) is 12.4. The summed E-state index contributed by atoms with van der Waals surface area (Å²) < 4.78 is 2.07. The van der Waals surface area contributed by atoms with Gasteiger partial charge in [0.2, 0.25) is 0 Å². The Morgan fingerprint density at radius 3 is 3.22 bits per heavy atom. The first-order valence-electron chi connectivity index (χ1n) is 6.20. The number of fused-ring (bicyclic) bond motifs is 1. The Labute approximate surface area is 111 Å². The third-order valence-corrected chi connectivity index (χ3v) is 4.43. The van der Waals surface area contributed by atoms with Gasteiger partial charge in [-0.15, -0.1) is 22.0 Å². The van der Waals surface area contributed by atoms with Crippen molar-refractivity contribution in [2.24, 2.45) is 0 Å². The molecule has 2 heterocycles. The molecule has 1 atom stereocenters. The van der Waals surface area contributed by atoms with Gasteiger partial charge >= 0.3 is 0 Å². The highest BCUT2D eigenvalue weighted by atomic mass is 32.2. The molecular formula is C13H16N4S. The minimum absolute atomic E-state index is 0.424. The fraction of sp³-hybridized carbons (Fsp3) is 0.385. The molecule has 1 N–H and O–H groups in total. The summed E-state index contributed by atoms with van der Waals surface area (Å²) in [6.45, 7) is 3.79. The Balaban J connectivity index is 1.69. The fourth-order valence-electron chi connectivity index (χ4n) is 2.23. The number of thioether (sulfide) groups is 1. The molecule has 0 radical (unpaired) electrons. The van der Waals surface area contributed by atoms with E-state index in [0.717, 1.165) is 24.7 Å². The molecule has 94 valence electrons. The molecule has 0 saturated heterocycles. The molecule has 5 heteroatoms. The van der Waals surface area contributed by atoms with E-state index in [1.807, 2.05) is 11.8 Å². The highest BCUT2D eigenvalue weighted by Crippen LogP contribution is 2.37. The predicted molar refractivity (Wildman–Crippen MR) is 72.4 cm³/mol. The Hall–Kier alpha value is -1.33. The monoisotopic (exact) mass is 260 g/mol. The van der Waals surface area contributed by atoms with E-state index < -0.39 is 0 Å². The maximum Gasteiger partial charge on any atom is 0.146 e. The maximum absolute atomic E-state index is 4.15. The molecule has 0 saturated carbocycles. The highest BCUT2D eigenvalue weighted by molar-refractivity contribution is 7.99. The summed E-state index contributed by atoms with van der Waals surface area (Å²) in [4.78, 5) is 1.40. The molecule has 0 aliphatic carbocycles. The second-order valence-corrected chi connectivity index (χ2v) is 5.38. The van der Waals surface area contributed by atoms with Gasteiger partial charge in [-0.25, -0.2) is 0 Å². The van der Waals surface area contributed by atoms with Gasteiger partial charge in [0.1, 0.15) is 12.2 Å². The molecule has 0 spiro atoms. The Kier molecular flexibility index (Phi) is 3.34. The first kappa shape index (κ1) is 11.7. The summed E-state index contributed by atoms with van der Waals surface area (Å²) in [7, 11) is 0. The van der Waals surface area contributed by atoms with Crippen LogP contribution in [0.1, 0.15) is 24.4 Å². The molecule has 1 aliphatic rings. The molecular weight excluding hydrogens is 244 g/mol. The number of benzene rings is 1. The van der Waals surface area contributed by atoms with Crippen molar-refractivity contribution in [1.82, 2.24) is 20.1 Å². The number of rotatable bonds is 4. The Morgan fingerprint density at radius 1 is 1.44 bits per heavy atom. The number of aromatic nitrogens is 3. The molecule has 1 aliphatic heterocycles. The van der Waals surface area contributed by atoms with Gasteiger partial charge in [0, 0.05) is 23.2 Å². The van der Waals surface area contributed by atoms with Gasteiger partial charge in [0.05, 0.1) is 6.54 Å². The van der Waals surface area contributed by atoms with Crippen LogP contribution in [0.5, 0.6) is 0 Å². The molecule has 2 aromatic rings. The largest absolute Gasteiger partial charge is 0.317 e. The molecule has 1 aromatic carbocycles. The second kappa shape index (κ2) is 5.12. The molecule has 1 unspecified atom stereocenters. The highest BCUT2D eigenvalue weighted by Gasteiger charge is 2.22.